The second-order valence-electron chi connectivity index (χ2n) is 5.90. The minimum absolute atomic E-state index is 0.652. The van der Waals surface area contributed by atoms with Crippen LogP contribution in [0.1, 0.15) is 59.3 Å². The van der Waals surface area contributed by atoms with E-state index in [4.69, 9.17) is 5.73 Å². The maximum Gasteiger partial charge on any atom is 0.00217 e. The van der Waals surface area contributed by atoms with Crippen molar-refractivity contribution in [3.05, 3.63) is 0 Å². The van der Waals surface area contributed by atoms with Gasteiger partial charge in [0.1, 0.15) is 0 Å². The summed E-state index contributed by atoms with van der Waals surface area (Å²) in [5.41, 5.74) is 6.51. The quantitative estimate of drug-likeness (QED) is 0.740. The lowest BCUT2D eigenvalue weighted by Crippen LogP contribution is -2.42. The summed E-state index contributed by atoms with van der Waals surface area (Å²) in [6.45, 7) is 11.7. The monoisotopic (exact) mass is 240 g/mol. The van der Waals surface area contributed by atoms with Crippen molar-refractivity contribution in [1.29, 1.82) is 0 Å². The van der Waals surface area contributed by atoms with Gasteiger partial charge in [0.15, 0.2) is 0 Å². The van der Waals surface area contributed by atoms with Gasteiger partial charge in [0.25, 0.3) is 0 Å². The van der Waals surface area contributed by atoms with Crippen LogP contribution < -0.4 is 5.73 Å². The van der Waals surface area contributed by atoms with E-state index in [1.54, 1.807) is 0 Å². The highest BCUT2D eigenvalue weighted by molar-refractivity contribution is 4.84. The number of nitrogens with two attached hydrogens (primary N) is 1. The van der Waals surface area contributed by atoms with Gasteiger partial charge in [-0.3, -0.25) is 0 Å². The molecule has 1 atom stereocenters. The second-order valence-corrected chi connectivity index (χ2v) is 5.90. The van der Waals surface area contributed by atoms with Crippen molar-refractivity contribution in [2.24, 2.45) is 17.1 Å². The summed E-state index contributed by atoms with van der Waals surface area (Å²) in [5, 5.41) is 0. The fourth-order valence-electron chi connectivity index (χ4n) is 3.22. The van der Waals surface area contributed by atoms with Gasteiger partial charge in [-0.1, -0.05) is 40.0 Å². The third kappa shape index (κ3) is 4.26. The van der Waals surface area contributed by atoms with E-state index in [0.29, 0.717) is 5.41 Å². The van der Waals surface area contributed by atoms with Crippen molar-refractivity contribution in [2.75, 3.05) is 26.2 Å². The number of nitrogens with zero attached hydrogens (tertiary/aromatic N) is 1. The highest BCUT2D eigenvalue weighted by Gasteiger charge is 2.31. The van der Waals surface area contributed by atoms with E-state index in [1.807, 2.05) is 0 Å². The van der Waals surface area contributed by atoms with E-state index in [1.165, 1.54) is 58.2 Å². The SMILES string of the molecule is CCCC(CN)CN1CCC(CC)(CC)CC1. The Morgan fingerprint density at radius 2 is 1.71 bits per heavy atom. The Morgan fingerprint density at radius 1 is 1.12 bits per heavy atom. The average Bonchev–Trinajstić information content (AvgIpc) is 2.39. The number of piperidine rings is 1. The van der Waals surface area contributed by atoms with Gasteiger partial charge in [-0.05, 0) is 50.2 Å². The second kappa shape index (κ2) is 7.38. The number of likely N-dealkylation sites (tertiary alicyclic amines) is 1. The first-order valence-electron chi connectivity index (χ1n) is 7.62. The summed E-state index contributed by atoms with van der Waals surface area (Å²) < 4.78 is 0. The van der Waals surface area contributed by atoms with Crippen LogP contribution in [0, 0.1) is 11.3 Å². The van der Waals surface area contributed by atoms with Crippen LogP contribution in [0.2, 0.25) is 0 Å². The van der Waals surface area contributed by atoms with Gasteiger partial charge in [0, 0.05) is 6.54 Å². The molecule has 0 aromatic heterocycles. The van der Waals surface area contributed by atoms with E-state index in [0.717, 1.165) is 12.5 Å². The molecule has 0 spiro atoms. The van der Waals surface area contributed by atoms with Crippen LogP contribution in [0.15, 0.2) is 0 Å². The Kier molecular flexibility index (Phi) is 6.50. The third-order valence-corrected chi connectivity index (χ3v) is 4.96. The van der Waals surface area contributed by atoms with Crippen LogP contribution in [0.5, 0.6) is 0 Å². The van der Waals surface area contributed by atoms with Crippen LogP contribution in [0.25, 0.3) is 0 Å². The highest BCUT2D eigenvalue weighted by atomic mass is 15.1. The largest absolute Gasteiger partial charge is 0.330 e. The van der Waals surface area contributed by atoms with Crippen LogP contribution in [0.4, 0.5) is 0 Å². The minimum atomic E-state index is 0.652. The maximum absolute atomic E-state index is 5.85. The molecule has 2 heteroatoms. The first-order valence-corrected chi connectivity index (χ1v) is 7.62. The molecule has 0 saturated carbocycles. The van der Waals surface area contributed by atoms with Crippen molar-refractivity contribution in [3.63, 3.8) is 0 Å². The summed E-state index contributed by atoms with van der Waals surface area (Å²) in [6, 6.07) is 0. The van der Waals surface area contributed by atoms with Gasteiger partial charge in [-0.15, -0.1) is 0 Å². The van der Waals surface area contributed by atoms with Crippen molar-refractivity contribution in [1.82, 2.24) is 4.90 Å². The molecule has 2 N–H and O–H groups in total. The number of hydrogen-bond acceptors (Lipinski definition) is 2. The van der Waals surface area contributed by atoms with Crippen LogP contribution in [-0.2, 0) is 0 Å². The van der Waals surface area contributed by atoms with Gasteiger partial charge >= 0.3 is 0 Å². The summed E-state index contributed by atoms with van der Waals surface area (Å²) in [6.07, 6.45) is 8.05. The van der Waals surface area contributed by atoms with Gasteiger partial charge in [0.2, 0.25) is 0 Å². The van der Waals surface area contributed by atoms with Crippen molar-refractivity contribution >= 4 is 0 Å². The Morgan fingerprint density at radius 3 is 2.12 bits per heavy atom. The van der Waals surface area contributed by atoms with Crippen molar-refractivity contribution in [2.45, 2.75) is 59.3 Å². The van der Waals surface area contributed by atoms with Crippen molar-refractivity contribution in [3.8, 4) is 0 Å². The van der Waals surface area contributed by atoms with Crippen LogP contribution >= 0.6 is 0 Å². The van der Waals surface area contributed by atoms with E-state index in [9.17, 15) is 0 Å². The lowest BCUT2D eigenvalue weighted by atomic mass is 9.74. The molecule has 1 saturated heterocycles. The molecule has 1 heterocycles. The smallest absolute Gasteiger partial charge is 0.00217 e. The predicted molar refractivity (Wildman–Crippen MR) is 76.1 cm³/mol. The normalized spacial score (nSPS) is 22.6. The summed E-state index contributed by atoms with van der Waals surface area (Å²) in [5.74, 6) is 0.718. The van der Waals surface area contributed by atoms with Gasteiger partial charge in [-0.2, -0.15) is 0 Å². The number of rotatable bonds is 7. The molecule has 2 nitrogen and oxygen atoms in total. The summed E-state index contributed by atoms with van der Waals surface area (Å²) >= 11 is 0. The van der Waals surface area contributed by atoms with E-state index < -0.39 is 0 Å². The van der Waals surface area contributed by atoms with Gasteiger partial charge < -0.3 is 10.6 Å². The topological polar surface area (TPSA) is 29.3 Å². The first kappa shape index (κ1) is 15.0. The van der Waals surface area contributed by atoms with Crippen molar-refractivity contribution < 1.29 is 0 Å². The summed E-state index contributed by atoms with van der Waals surface area (Å²) in [4.78, 5) is 2.65. The molecule has 1 rings (SSSR count). The lowest BCUT2D eigenvalue weighted by Gasteiger charge is -2.42. The first-order chi connectivity index (χ1) is 8.19. The molecule has 0 bridgehead atoms. The Bertz CT molecular complexity index is 189. The molecule has 102 valence electrons. The molecular formula is C15H32N2. The van der Waals surface area contributed by atoms with E-state index in [2.05, 4.69) is 25.7 Å². The molecule has 1 unspecified atom stereocenters. The highest BCUT2D eigenvalue weighted by Crippen LogP contribution is 2.37. The van der Waals surface area contributed by atoms with E-state index in [-0.39, 0.29) is 0 Å². The van der Waals surface area contributed by atoms with Gasteiger partial charge in [0.05, 0.1) is 0 Å². The lowest BCUT2D eigenvalue weighted by molar-refractivity contribution is 0.0840. The Labute approximate surface area is 108 Å². The molecule has 0 aromatic carbocycles. The maximum atomic E-state index is 5.85. The Hall–Kier alpha value is -0.0800. The Balaban J connectivity index is 2.35. The zero-order valence-corrected chi connectivity index (χ0v) is 12.2. The standard InChI is InChI=1S/C15H32N2/c1-4-7-14(12-16)13-17-10-8-15(5-2,6-3)9-11-17/h14H,4-13,16H2,1-3H3. The zero-order chi connectivity index (χ0) is 12.7. The molecule has 1 fully saturated rings. The predicted octanol–water partition coefficient (Wildman–Crippen LogP) is 3.26. The van der Waals surface area contributed by atoms with Crippen LogP contribution in [-0.4, -0.2) is 31.1 Å². The average molecular weight is 240 g/mol. The molecule has 0 amide bonds. The minimum Gasteiger partial charge on any atom is -0.330 e. The molecule has 0 aromatic rings. The van der Waals surface area contributed by atoms with Crippen LogP contribution in [0.3, 0.4) is 0 Å². The molecule has 17 heavy (non-hydrogen) atoms. The molecule has 0 radical (unpaired) electrons. The molecule has 0 aliphatic carbocycles. The molecule has 1 aliphatic rings. The molecule has 1 aliphatic heterocycles. The fourth-order valence-corrected chi connectivity index (χ4v) is 3.22. The molecular weight excluding hydrogens is 208 g/mol. The van der Waals surface area contributed by atoms with E-state index >= 15 is 0 Å². The zero-order valence-electron chi connectivity index (χ0n) is 12.2. The fraction of sp³-hybridized carbons (Fsp3) is 1.00. The third-order valence-electron chi connectivity index (χ3n) is 4.96. The van der Waals surface area contributed by atoms with Gasteiger partial charge in [-0.25, -0.2) is 0 Å². The summed E-state index contributed by atoms with van der Waals surface area (Å²) in [7, 11) is 0. The number of hydrogen-bond donors (Lipinski definition) is 1.